The monoisotopic (exact) mass is 533 g/mol. The standard InChI is InChI=1S/C28H32FN5O3Si/c1-32-26-21(29)11-20(28(35)36)12-22(26)31-27(32)23-13-18-7-8-19-14-30-34(16-37-9-10-38(2,3)4)25(19)24(18)33(23)15-17-5-6-17/h7-8,11-14,17H,5-6,9-10,15-16H2,1-4H3,(H,35,36). The van der Waals surface area contributed by atoms with Gasteiger partial charge >= 0.3 is 5.97 Å². The highest BCUT2D eigenvalue weighted by molar-refractivity contribution is 6.76. The number of carboxylic acid groups (broad SMARTS) is 1. The molecule has 1 aliphatic rings. The molecule has 2 aromatic carbocycles. The SMILES string of the molecule is Cn1c(-c2cc3ccc4cnn(COCC[Si](C)(C)C)c4c3n2CC2CC2)nc2cc(C(=O)O)cc(F)c21. The minimum Gasteiger partial charge on any atom is -0.478 e. The molecule has 0 unspecified atom stereocenters. The molecule has 3 heterocycles. The lowest BCUT2D eigenvalue weighted by molar-refractivity contribution is 0.0696. The van der Waals surface area contributed by atoms with Crippen molar-refractivity contribution in [2.24, 2.45) is 13.0 Å². The van der Waals surface area contributed by atoms with Gasteiger partial charge in [0, 0.05) is 39.0 Å². The summed E-state index contributed by atoms with van der Waals surface area (Å²) in [5.41, 5.74) is 3.46. The number of carboxylic acids is 1. The number of aryl methyl sites for hydroxylation is 1. The van der Waals surface area contributed by atoms with E-state index in [4.69, 9.17) is 9.72 Å². The molecule has 1 saturated carbocycles. The zero-order valence-electron chi connectivity index (χ0n) is 22.2. The van der Waals surface area contributed by atoms with Crippen molar-refractivity contribution in [1.82, 2.24) is 23.9 Å². The molecule has 5 aromatic rings. The summed E-state index contributed by atoms with van der Waals surface area (Å²) >= 11 is 0. The Bertz CT molecular complexity index is 1710. The molecule has 0 saturated heterocycles. The number of hydrogen-bond donors (Lipinski definition) is 1. The van der Waals surface area contributed by atoms with Crippen LogP contribution < -0.4 is 0 Å². The Hall–Kier alpha value is -3.50. The minimum atomic E-state index is -1.19. The van der Waals surface area contributed by atoms with Gasteiger partial charge in [0.1, 0.15) is 18.1 Å². The van der Waals surface area contributed by atoms with Crippen LogP contribution in [0.25, 0.3) is 44.4 Å². The first-order valence-electron chi connectivity index (χ1n) is 13.1. The maximum atomic E-state index is 15.0. The number of carbonyl (C=O) groups is 1. The van der Waals surface area contributed by atoms with Crippen LogP contribution in [0.4, 0.5) is 4.39 Å². The molecule has 0 spiro atoms. The molecule has 0 radical (unpaired) electrons. The predicted octanol–water partition coefficient (Wildman–Crippen LogP) is 6.10. The number of rotatable bonds is 9. The fourth-order valence-corrected chi connectivity index (χ4v) is 5.89. The Morgan fingerprint density at radius 2 is 1.89 bits per heavy atom. The molecule has 0 aliphatic heterocycles. The van der Waals surface area contributed by atoms with Gasteiger partial charge in [0.25, 0.3) is 0 Å². The van der Waals surface area contributed by atoms with Crippen LogP contribution in [0.15, 0.2) is 36.5 Å². The smallest absolute Gasteiger partial charge is 0.335 e. The van der Waals surface area contributed by atoms with Crippen LogP contribution in [-0.4, -0.2) is 49.7 Å². The van der Waals surface area contributed by atoms with Gasteiger partial charge in [0.05, 0.1) is 34.0 Å². The number of nitrogens with zero attached hydrogens (tertiary/aromatic N) is 5. The summed E-state index contributed by atoms with van der Waals surface area (Å²) in [6.07, 6.45) is 4.23. The molecule has 38 heavy (non-hydrogen) atoms. The number of aromatic carboxylic acids is 1. The maximum Gasteiger partial charge on any atom is 0.335 e. The third-order valence-electron chi connectivity index (χ3n) is 7.41. The second-order valence-electron chi connectivity index (χ2n) is 11.6. The topological polar surface area (TPSA) is 87.1 Å². The molecule has 0 amide bonds. The van der Waals surface area contributed by atoms with E-state index >= 15 is 4.39 Å². The largest absolute Gasteiger partial charge is 0.478 e. The van der Waals surface area contributed by atoms with Gasteiger partial charge in [-0.3, -0.25) is 0 Å². The van der Waals surface area contributed by atoms with Crippen molar-refractivity contribution in [3.63, 3.8) is 0 Å². The number of hydrogen-bond acceptors (Lipinski definition) is 4. The van der Waals surface area contributed by atoms with Gasteiger partial charge < -0.3 is 19.0 Å². The molecule has 0 atom stereocenters. The number of aromatic nitrogens is 5. The first-order chi connectivity index (χ1) is 18.1. The van der Waals surface area contributed by atoms with E-state index in [1.807, 2.05) is 10.9 Å². The van der Waals surface area contributed by atoms with Crippen LogP contribution in [0.5, 0.6) is 0 Å². The predicted molar refractivity (Wildman–Crippen MR) is 149 cm³/mol. The molecule has 3 aromatic heterocycles. The highest BCUT2D eigenvalue weighted by Gasteiger charge is 2.27. The van der Waals surface area contributed by atoms with Crippen molar-refractivity contribution in [3.05, 3.63) is 47.9 Å². The first kappa shape index (κ1) is 24.8. The number of ether oxygens (including phenoxy) is 1. The summed E-state index contributed by atoms with van der Waals surface area (Å²) in [5.74, 6) is -0.594. The lowest BCUT2D eigenvalue weighted by atomic mass is 10.2. The van der Waals surface area contributed by atoms with Crippen LogP contribution in [0.2, 0.25) is 25.7 Å². The number of benzene rings is 2. The summed E-state index contributed by atoms with van der Waals surface area (Å²) in [4.78, 5) is 16.2. The van der Waals surface area contributed by atoms with Gasteiger partial charge in [-0.25, -0.2) is 18.9 Å². The highest BCUT2D eigenvalue weighted by atomic mass is 28.3. The van der Waals surface area contributed by atoms with Crippen molar-refractivity contribution in [2.45, 2.75) is 51.8 Å². The van der Waals surface area contributed by atoms with Crippen LogP contribution >= 0.6 is 0 Å². The summed E-state index contributed by atoms with van der Waals surface area (Å²) in [6, 6.07) is 9.84. The average Bonchev–Trinajstić information content (AvgIpc) is 3.32. The van der Waals surface area contributed by atoms with Crippen molar-refractivity contribution < 1.29 is 19.0 Å². The molecule has 1 aliphatic carbocycles. The van der Waals surface area contributed by atoms with Gasteiger partial charge in [-0.15, -0.1) is 0 Å². The fourth-order valence-electron chi connectivity index (χ4n) is 5.13. The molecule has 10 heteroatoms. The van der Waals surface area contributed by atoms with Crippen LogP contribution in [0.1, 0.15) is 23.2 Å². The summed E-state index contributed by atoms with van der Waals surface area (Å²) in [7, 11) is 0.585. The van der Waals surface area contributed by atoms with Crippen LogP contribution in [-0.2, 0) is 25.1 Å². The fraction of sp³-hybridized carbons (Fsp3) is 0.393. The average molecular weight is 534 g/mol. The molecule has 0 bridgehead atoms. The molecule has 198 valence electrons. The number of imidazole rings is 1. The van der Waals surface area contributed by atoms with Crippen molar-refractivity contribution in [2.75, 3.05) is 6.61 Å². The van der Waals surface area contributed by atoms with E-state index in [9.17, 15) is 9.90 Å². The van der Waals surface area contributed by atoms with E-state index in [0.29, 0.717) is 36.1 Å². The van der Waals surface area contributed by atoms with Crippen molar-refractivity contribution in [3.8, 4) is 11.5 Å². The molecule has 1 fully saturated rings. The summed E-state index contributed by atoms with van der Waals surface area (Å²) < 4.78 is 27.0. The molecule has 1 N–H and O–H groups in total. The van der Waals surface area contributed by atoms with E-state index in [1.165, 1.54) is 18.9 Å². The van der Waals surface area contributed by atoms with E-state index in [-0.39, 0.29) is 5.56 Å². The third-order valence-corrected chi connectivity index (χ3v) is 9.11. The molecule has 6 rings (SSSR count). The van der Waals surface area contributed by atoms with Crippen molar-refractivity contribution >= 4 is 46.9 Å². The summed E-state index contributed by atoms with van der Waals surface area (Å²) in [6.45, 7) is 8.93. The first-order valence-corrected chi connectivity index (χ1v) is 16.8. The minimum absolute atomic E-state index is 0.113. The Morgan fingerprint density at radius 3 is 2.61 bits per heavy atom. The zero-order valence-corrected chi connectivity index (χ0v) is 23.2. The Morgan fingerprint density at radius 1 is 1.13 bits per heavy atom. The van der Waals surface area contributed by atoms with Gasteiger partial charge in [-0.2, -0.15) is 5.10 Å². The van der Waals surface area contributed by atoms with E-state index in [1.54, 1.807) is 11.6 Å². The quantitative estimate of drug-likeness (QED) is 0.183. The number of halogens is 1. The zero-order chi connectivity index (χ0) is 26.8. The highest BCUT2D eigenvalue weighted by Crippen LogP contribution is 2.39. The van der Waals surface area contributed by atoms with Gasteiger partial charge in [0.15, 0.2) is 5.82 Å². The van der Waals surface area contributed by atoms with Crippen molar-refractivity contribution in [1.29, 1.82) is 0 Å². The normalized spacial score (nSPS) is 14.3. The lowest BCUT2D eigenvalue weighted by Gasteiger charge is -2.16. The van der Waals surface area contributed by atoms with Gasteiger partial charge in [0.2, 0.25) is 0 Å². The van der Waals surface area contributed by atoms with E-state index in [0.717, 1.165) is 46.2 Å². The van der Waals surface area contributed by atoms with Crippen LogP contribution in [0.3, 0.4) is 0 Å². The summed E-state index contributed by atoms with van der Waals surface area (Å²) in [5, 5.41) is 16.1. The molecular weight excluding hydrogens is 501 g/mol. The van der Waals surface area contributed by atoms with Crippen LogP contribution in [0, 0.1) is 11.7 Å². The number of fused-ring (bicyclic) bond motifs is 4. The van der Waals surface area contributed by atoms with Gasteiger partial charge in [-0.05, 0) is 43.0 Å². The Balaban J connectivity index is 1.50. The van der Waals surface area contributed by atoms with Gasteiger partial charge in [-0.1, -0.05) is 31.8 Å². The molecular formula is C28H32FN5O3Si. The Kier molecular flexibility index (Phi) is 5.91. The second kappa shape index (κ2) is 9.06. The maximum absolute atomic E-state index is 15.0. The van der Waals surface area contributed by atoms with E-state index in [2.05, 4.69) is 47.5 Å². The Labute approximate surface area is 220 Å². The second-order valence-corrected chi connectivity index (χ2v) is 17.3. The van der Waals surface area contributed by atoms with E-state index < -0.39 is 19.9 Å². The third kappa shape index (κ3) is 4.41. The lowest BCUT2D eigenvalue weighted by Crippen LogP contribution is -2.22. The molecule has 8 nitrogen and oxygen atoms in total.